The van der Waals surface area contributed by atoms with Crippen molar-refractivity contribution in [2.24, 2.45) is 0 Å². The molecule has 2 amide bonds. The number of carbonyl (C=O) groups excluding carboxylic acids is 2. The number of rotatable bonds is 8. The van der Waals surface area contributed by atoms with Crippen molar-refractivity contribution in [3.8, 4) is 11.5 Å². The van der Waals surface area contributed by atoms with E-state index in [0.29, 0.717) is 56.3 Å². The summed E-state index contributed by atoms with van der Waals surface area (Å²) in [6.07, 6.45) is 1.86. The molecule has 3 heterocycles. The van der Waals surface area contributed by atoms with Crippen molar-refractivity contribution in [3.05, 3.63) is 59.2 Å². The molecule has 1 fully saturated rings. The third-order valence-corrected chi connectivity index (χ3v) is 7.00. The number of aliphatic hydroxyl groups is 1. The molecule has 35 heavy (non-hydrogen) atoms. The van der Waals surface area contributed by atoms with Gasteiger partial charge in [-0.2, -0.15) is 0 Å². The number of hydrogen-bond acceptors (Lipinski definition) is 6. The van der Waals surface area contributed by atoms with Crippen molar-refractivity contribution in [1.82, 2.24) is 14.7 Å². The minimum Gasteiger partial charge on any atom is -0.492 e. The first-order valence-corrected chi connectivity index (χ1v) is 12.5. The van der Waals surface area contributed by atoms with Crippen molar-refractivity contribution in [2.45, 2.75) is 31.9 Å². The van der Waals surface area contributed by atoms with Gasteiger partial charge in [0, 0.05) is 45.2 Å². The molecule has 1 N–H and O–H groups in total. The summed E-state index contributed by atoms with van der Waals surface area (Å²) in [6.45, 7) is 5.04. The number of benzene rings is 2. The van der Waals surface area contributed by atoms with E-state index in [1.165, 1.54) is 11.1 Å². The van der Waals surface area contributed by atoms with E-state index >= 15 is 0 Å². The molecule has 0 unspecified atom stereocenters. The molecule has 2 aromatic rings. The lowest BCUT2D eigenvalue weighted by atomic mass is 10.00. The van der Waals surface area contributed by atoms with Crippen LogP contribution >= 0.6 is 0 Å². The molecule has 0 aromatic heterocycles. The third-order valence-electron chi connectivity index (χ3n) is 7.00. The summed E-state index contributed by atoms with van der Waals surface area (Å²) in [5.74, 6) is 1.14. The Morgan fingerprint density at radius 1 is 0.971 bits per heavy atom. The molecule has 0 saturated carbocycles. The normalized spacial score (nSPS) is 19.1. The molecular weight excluding hydrogens is 446 g/mol. The first-order valence-electron chi connectivity index (χ1n) is 12.5. The highest BCUT2D eigenvalue weighted by Crippen LogP contribution is 2.28. The van der Waals surface area contributed by atoms with Crippen LogP contribution in [0.25, 0.3) is 0 Å². The zero-order valence-corrected chi connectivity index (χ0v) is 20.0. The summed E-state index contributed by atoms with van der Waals surface area (Å²) in [7, 11) is 0. The van der Waals surface area contributed by atoms with Gasteiger partial charge in [-0.3, -0.25) is 14.5 Å². The topological polar surface area (TPSA) is 82.6 Å². The molecule has 186 valence electrons. The van der Waals surface area contributed by atoms with E-state index in [1.807, 2.05) is 4.90 Å². The molecule has 3 aliphatic heterocycles. The highest BCUT2D eigenvalue weighted by molar-refractivity contribution is 5.97. The first-order chi connectivity index (χ1) is 17.1. The number of amides is 2. The van der Waals surface area contributed by atoms with Crippen LogP contribution in [0, 0.1) is 0 Å². The zero-order valence-electron chi connectivity index (χ0n) is 20.0. The molecule has 0 aliphatic carbocycles. The van der Waals surface area contributed by atoms with Gasteiger partial charge in [0.2, 0.25) is 5.91 Å². The van der Waals surface area contributed by atoms with Crippen LogP contribution in [-0.2, 0) is 17.8 Å². The van der Waals surface area contributed by atoms with Gasteiger partial charge >= 0.3 is 0 Å². The van der Waals surface area contributed by atoms with Gasteiger partial charge in [-0.15, -0.1) is 0 Å². The van der Waals surface area contributed by atoms with Gasteiger partial charge in [0.05, 0.1) is 24.8 Å². The van der Waals surface area contributed by atoms with Crippen LogP contribution in [0.2, 0.25) is 0 Å². The van der Waals surface area contributed by atoms with Gasteiger partial charge in [-0.05, 0) is 36.1 Å². The Morgan fingerprint density at radius 3 is 2.66 bits per heavy atom. The molecule has 2 aromatic carbocycles. The number of nitrogens with zero attached hydrogens (tertiary/aromatic N) is 3. The van der Waals surface area contributed by atoms with E-state index in [9.17, 15) is 14.7 Å². The predicted octanol–water partition coefficient (Wildman–Crippen LogP) is 1.94. The number of β-amino-alcohol motifs (C(OH)–C–C–N with tert-alkyl or cyclic N) is 1. The number of hydrogen-bond donors (Lipinski definition) is 1. The summed E-state index contributed by atoms with van der Waals surface area (Å²) >= 11 is 0. The molecule has 5 rings (SSSR count). The summed E-state index contributed by atoms with van der Waals surface area (Å²) in [5, 5.41) is 10.8. The third kappa shape index (κ3) is 5.60. The van der Waals surface area contributed by atoms with Gasteiger partial charge in [0.15, 0.2) is 0 Å². The molecule has 3 aliphatic rings. The fourth-order valence-electron chi connectivity index (χ4n) is 5.13. The van der Waals surface area contributed by atoms with Crippen molar-refractivity contribution in [3.63, 3.8) is 0 Å². The summed E-state index contributed by atoms with van der Waals surface area (Å²) in [4.78, 5) is 30.7. The highest BCUT2D eigenvalue weighted by atomic mass is 16.5. The lowest BCUT2D eigenvalue weighted by Gasteiger charge is -2.32. The first kappa shape index (κ1) is 23.6. The standard InChI is InChI=1S/C27H33N3O5/c31-22(18-28-11-9-20-4-1-2-5-21(20)17-28)19-30-13-15-35-25-16-23(7-8-24(25)27(30)33)34-14-12-29-10-3-6-26(29)32/h1-2,4-5,7-8,16,22,31H,3,6,9-15,17-19H2/t22-/m1/s1. The second-order valence-corrected chi connectivity index (χ2v) is 9.50. The van der Waals surface area contributed by atoms with Gasteiger partial charge in [-0.25, -0.2) is 0 Å². The van der Waals surface area contributed by atoms with Crippen LogP contribution in [0.4, 0.5) is 0 Å². The Kier molecular flexibility index (Phi) is 7.20. The average Bonchev–Trinajstić information content (AvgIpc) is 3.20. The van der Waals surface area contributed by atoms with Crippen LogP contribution in [0.3, 0.4) is 0 Å². The fraction of sp³-hybridized carbons (Fsp3) is 0.481. The lowest BCUT2D eigenvalue weighted by molar-refractivity contribution is -0.128. The summed E-state index contributed by atoms with van der Waals surface area (Å²) < 4.78 is 11.7. The largest absolute Gasteiger partial charge is 0.492 e. The van der Waals surface area contributed by atoms with Crippen LogP contribution in [-0.4, -0.2) is 90.2 Å². The maximum absolute atomic E-state index is 13.2. The summed E-state index contributed by atoms with van der Waals surface area (Å²) in [6, 6.07) is 13.7. The van der Waals surface area contributed by atoms with Crippen LogP contribution in [0.15, 0.2) is 42.5 Å². The minimum atomic E-state index is -0.637. The van der Waals surface area contributed by atoms with Gasteiger partial charge in [-0.1, -0.05) is 24.3 Å². The maximum Gasteiger partial charge on any atom is 0.257 e. The monoisotopic (exact) mass is 479 g/mol. The molecule has 8 heteroatoms. The van der Waals surface area contributed by atoms with Gasteiger partial charge in [0.25, 0.3) is 5.91 Å². The Morgan fingerprint density at radius 2 is 1.83 bits per heavy atom. The quantitative estimate of drug-likeness (QED) is 0.623. The Labute approximate surface area is 206 Å². The number of fused-ring (bicyclic) bond motifs is 2. The molecular formula is C27H33N3O5. The van der Waals surface area contributed by atoms with Crippen LogP contribution < -0.4 is 9.47 Å². The molecule has 0 spiro atoms. The molecule has 1 saturated heterocycles. The number of likely N-dealkylation sites (tertiary alicyclic amines) is 1. The summed E-state index contributed by atoms with van der Waals surface area (Å²) in [5.41, 5.74) is 3.16. The second kappa shape index (κ2) is 10.7. The van der Waals surface area contributed by atoms with Crippen molar-refractivity contribution in [1.29, 1.82) is 0 Å². The smallest absolute Gasteiger partial charge is 0.257 e. The van der Waals surface area contributed by atoms with E-state index in [1.54, 1.807) is 23.1 Å². The molecule has 0 bridgehead atoms. The zero-order chi connectivity index (χ0) is 24.2. The van der Waals surface area contributed by atoms with Crippen LogP contribution in [0.5, 0.6) is 11.5 Å². The number of ether oxygens (including phenoxy) is 2. The van der Waals surface area contributed by atoms with Gasteiger partial charge < -0.3 is 24.4 Å². The fourth-order valence-corrected chi connectivity index (χ4v) is 5.13. The average molecular weight is 480 g/mol. The van der Waals surface area contributed by atoms with E-state index in [2.05, 4.69) is 29.2 Å². The number of carbonyl (C=O) groups is 2. The second-order valence-electron chi connectivity index (χ2n) is 9.50. The van der Waals surface area contributed by atoms with E-state index < -0.39 is 6.10 Å². The van der Waals surface area contributed by atoms with Crippen molar-refractivity contribution in [2.75, 3.05) is 52.5 Å². The van der Waals surface area contributed by atoms with E-state index in [0.717, 1.165) is 32.5 Å². The Hall–Kier alpha value is -3.10. The van der Waals surface area contributed by atoms with E-state index in [-0.39, 0.29) is 18.4 Å². The highest BCUT2D eigenvalue weighted by Gasteiger charge is 2.27. The molecule has 8 nitrogen and oxygen atoms in total. The number of aliphatic hydroxyl groups excluding tert-OH is 1. The van der Waals surface area contributed by atoms with Crippen LogP contribution in [0.1, 0.15) is 34.3 Å². The maximum atomic E-state index is 13.2. The SMILES string of the molecule is O=C1CCCN1CCOc1ccc2c(c1)OCCN(C[C@H](O)CN1CCc3ccccc3C1)C2=O. The molecule has 0 radical (unpaired) electrons. The predicted molar refractivity (Wildman–Crippen MR) is 131 cm³/mol. The lowest BCUT2D eigenvalue weighted by Crippen LogP contribution is -2.44. The van der Waals surface area contributed by atoms with E-state index in [4.69, 9.17) is 9.47 Å². The Bertz CT molecular complexity index is 1070. The van der Waals surface area contributed by atoms with Gasteiger partial charge in [0.1, 0.15) is 24.7 Å². The Balaban J connectivity index is 1.15. The van der Waals surface area contributed by atoms with Crippen molar-refractivity contribution < 1.29 is 24.2 Å². The van der Waals surface area contributed by atoms with Crippen molar-refractivity contribution >= 4 is 11.8 Å². The minimum absolute atomic E-state index is 0.144. The molecule has 1 atom stereocenters.